The number of ether oxygens (including phenoxy) is 2. The minimum atomic E-state index is -0.352. The molecule has 0 heterocycles. The second kappa shape index (κ2) is 9.02. The summed E-state index contributed by atoms with van der Waals surface area (Å²) in [6.07, 6.45) is 0. The fourth-order valence-electron chi connectivity index (χ4n) is 0.735. The van der Waals surface area contributed by atoms with Crippen LogP contribution in [0.5, 0.6) is 0 Å². The van der Waals surface area contributed by atoms with Gasteiger partial charge in [0.25, 0.3) is 0 Å². The molecule has 0 N–H and O–H groups in total. The van der Waals surface area contributed by atoms with Crippen LogP contribution in [-0.4, -0.2) is 40.1 Å². The predicted octanol–water partition coefficient (Wildman–Crippen LogP) is 1.77. The first kappa shape index (κ1) is 15.9. The number of hydrogen-bond acceptors (Lipinski definition) is 4. The second-order valence-electron chi connectivity index (χ2n) is 3.44. The van der Waals surface area contributed by atoms with Gasteiger partial charge in [0.15, 0.2) is 0 Å². The van der Waals surface area contributed by atoms with Crippen LogP contribution in [0.3, 0.4) is 0 Å². The van der Waals surface area contributed by atoms with E-state index in [0.29, 0.717) is 39.3 Å². The van der Waals surface area contributed by atoms with Crippen LogP contribution in [0.15, 0.2) is 24.3 Å². The Balaban J connectivity index is 3.36. The van der Waals surface area contributed by atoms with Crippen LogP contribution in [0.25, 0.3) is 0 Å². The number of carbonyl (C=O) groups excluding carboxylic acids is 2. The average Bonchev–Trinajstić information content (AvgIpc) is 2.26. The zero-order valence-electron chi connectivity index (χ0n) is 10.3. The normalized spacial score (nSPS) is 9.53. The minimum absolute atomic E-state index is 0.310. The Labute approximate surface area is 108 Å². The Morgan fingerprint density at radius 1 is 0.941 bits per heavy atom. The molecule has 0 aliphatic rings. The molecule has 0 aromatic heterocycles. The monoisotopic (exact) mass is 306 g/mol. The Bertz CT molecular complexity index is 280. The maximum absolute atomic E-state index is 11.0. The predicted molar refractivity (Wildman–Crippen MR) is 66.9 cm³/mol. The molecule has 0 atom stereocenters. The van der Waals surface area contributed by atoms with Crippen LogP contribution >= 0.6 is 0 Å². The molecule has 0 spiro atoms. The van der Waals surface area contributed by atoms with Crippen molar-refractivity contribution in [3.05, 3.63) is 24.3 Å². The summed E-state index contributed by atoms with van der Waals surface area (Å²) in [7, 11) is 0. The standard InChI is InChI=1S/C12H18O4Se/c1-9(2)11(13)15-5-7-17-8-6-16-12(14)10(3)4/h1,3,5-8H2,2,4H3. The van der Waals surface area contributed by atoms with E-state index in [1.165, 1.54) is 0 Å². The molecule has 5 heteroatoms. The van der Waals surface area contributed by atoms with Crippen molar-refractivity contribution in [1.82, 2.24) is 0 Å². The van der Waals surface area contributed by atoms with E-state index >= 15 is 0 Å². The molecule has 0 aromatic carbocycles. The molecule has 4 nitrogen and oxygen atoms in total. The quantitative estimate of drug-likeness (QED) is 0.297. The Morgan fingerprint density at radius 3 is 1.59 bits per heavy atom. The van der Waals surface area contributed by atoms with Gasteiger partial charge in [-0.05, 0) is 0 Å². The van der Waals surface area contributed by atoms with Crippen LogP contribution < -0.4 is 0 Å². The van der Waals surface area contributed by atoms with Gasteiger partial charge in [0.05, 0.1) is 0 Å². The van der Waals surface area contributed by atoms with Crippen LogP contribution in [0.4, 0.5) is 0 Å². The summed E-state index contributed by atoms with van der Waals surface area (Å²) in [5, 5.41) is 1.63. The van der Waals surface area contributed by atoms with Gasteiger partial charge in [-0.15, -0.1) is 0 Å². The summed E-state index contributed by atoms with van der Waals surface area (Å²) in [4.78, 5) is 22.0. The van der Waals surface area contributed by atoms with E-state index in [2.05, 4.69) is 13.2 Å². The molecule has 0 fully saturated rings. The van der Waals surface area contributed by atoms with Crippen molar-refractivity contribution in [2.24, 2.45) is 0 Å². The van der Waals surface area contributed by atoms with Gasteiger partial charge in [0, 0.05) is 0 Å². The fraction of sp³-hybridized carbons (Fsp3) is 0.500. The summed E-state index contributed by atoms with van der Waals surface area (Å²) in [6.45, 7) is 11.0. The fourth-order valence-corrected chi connectivity index (χ4v) is 2.01. The topological polar surface area (TPSA) is 52.6 Å². The molecule has 0 saturated carbocycles. The van der Waals surface area contributed by atoms with E-state index in [0.717, 1.165) is 10.6 Å². The Kier molecular flexibility index (Phi) is 8.46. The molecule has 0 aliphatic heterocycles. The van der Waals surface area contributed by atoms with Crippen LogP contribution in [-0.2, 0) is 19.1 Å². The molecule has 0 rings (SSSR count). The van der Waals surface area contributed by atoms with Gasteiger partial charge in [-0.3, -0.25) is 0 Å². The van der Waals surface area contributed by atoms with Gasteiger partial charge in [0.1, 0.15) is 0 Å². The molecule has 0 aliphatic carbocycles. The van der Waals surface area contributed by atoms with Crippen LogP contribution in [0.1, 0.15) is 13.8 Å². The van der Waals surface area contributed by atoms with Gasteiger partial charge in [-0.1, -0.05) is 0 Å². The summed E-state index contributed by atoms with van der Waals surface area (Å²) in [5.74, 6) is -0.705. The molecule has 17 heavy (non-hydrogen) atoms. The SMILES string of the molecule is C=C(C)C(=O)OCC[Se]CCOC(=O)C(=C)C. The van der Waals surface area contributed by atoms with Crippen molar-refractivity contribution < 1.29 is 19.1 Å². The van der Waals surface area contributed by atoms with Gasteiger partial charge < -0.3 is 0 Å². The number of carbonyl (C=O) groups is 2. The second-order valence-corrected chi connectivity index (χ2v) is 6.01. The molecule has 0 unspecified atom stereocenters. The third-order valence-corrected chi connectivity index (χ3v) is 3.53. The first-order valence-electron chi connectivity index (χ1n) is 5.18. The van der Waals surface area contributed by atoms with Gasteiger partial charge in [0.2, 0.25) is 0 Å². The first-order chi connectivity index (χ1) is 7.95. The summed E-state index contributed by atoms with van der Waals surface area (Å²) >= 11 is 0.310. The Morgan fingerprint density at radius 2 is 1.29 bits per heavy atom. The van der Waals surface area contributed by atoms with Crippen molar-refractivity contribution in [1.29, 1.82) is 0 Å². The molecule has 0 bridgehead atoms. The van der Waals surface area contributed by atoms with Gasteiger partial charge >= 0.3 is 108 Å². The molecule has 0 aromatic rings. The molecule has 0 amide bonds. The number of hydrogen-bond donors (Lipinski definition) is 0. The first-order valence-corrected chi connectivity index (χ1v) is 7.60. The van der Waals surface area contributed by atoms with E-state index in [1.807, 2.05) is 0 Å². The van der Waals surface area contributed by atoms with Crippen molar-refractivity contribution in [2.75, 3.05) is 13.2 Å². The zero-order valence-corrected chi connectivity index (χ0v) is 12.0. The van der Waals surface area contributed by atoms with Crippen molar-refractivity contribution >= 4 is 26.9 Å². The van der Waals surface area contributed by atoms with Crippen LogP contribution in [0.2, 0.25) is 10.6 Å². The Hall–Kier alpha value is -1.06. The van der Waals surface area contributed by atoms with Gasteiger partial charge in [-0.25, -0.2) is 0 Å². The molecular formula is C12H18O4Se. The molecular weight excluding hydrogens is 287 g/mol. The molecule has 0 saturated heterocycles. The third-order valence-electron chi connectivity index (χ3n) is 1.62. The van der Waals surface area contributed by atoms with E-state index in [4.69, 9.17) is 9.47 Å². The summed E-state index contributed by atoms with van der Waals surface area (Å²) in [6, 6.07) is 0. The third kappa shape index (κ3) is 8.72. The molecule has 0 radical (unpaired) electrons. The van der Waals surface area contributed by atoms with E-state index in [1.54, 1.807) is 13.8 Å². The van der Waals surface area contributed by atoms with Gasteiger partial charge in [-0.2, -0.15) is 0 Å². The maximum atomic E-state index is 11.0. The zero-order chi connectivity index (χ0) is 13.3. The summed E-state index contributed by atoms with van der Waals surface area (Å²) in [5.41, 5.74) is 0.820. The van der Waals surface area contributed by atoms with Crippen molar-refractivity contribution in [3.63, 3.8) is 0 Å². The average molecular weight is 305 g/mol. The van der Waals surface area contributed by atoms with Crippen LogP contribution in [0, 0.1) is 0 Å². The van der Waals surface area contributed by atoms with E-state index in [9.17, 15) is 9.59 Å². The number of rotatable bonds is 8. The number of esters is 2. The van der Waals surface area contributed by atoms with E-state index < -0.39 is 0 Å². The summed E-state index contributed by atoms with van der Waals surface area (Å²) < 4.78 is 9.85. The van der Waals surface area contributed by atoms with Crippen molar-refractivity contribution in [2.45, 2.75) is 24.5 Å². The molecule has 96 valence electrons. The van der Waals surface area contributed by atoms with E-state index in [-0.39, 0.29) is 11.9 Å². The van der Waals surface area contributed by atoms with Crippen molar-refractivity contribution in [3.8, 4) is 0 Å².